The third-order valence-electron chi connectivity index (χ3n) is 1.89. The molecule has 1 aromatic heterocycles. The summed E-state index contributed by atoms with van der Waals surface area (Å²) < 4.78 is 0. The second kappa shape index (κ2) is 3.00. The molecular formula is C8H8N4O2. The molecule has 0 saturated carbocycles. The lowest BCUT2D eigenvalue weighted by atomic mass is 10.2. The molecule has 6 heteroatoms. The molecule has 0 radical (unpaired) electrons. The number of fused-ring (bicyclic) bond motifs is 1. The Morgan fingerprint density at radius 2 is 1.71 bits per heavy atom. The van der Waals surface area contributed by atoms with E-state index in [0.717, 1.165) is 0 Å². The van der Waals surface area contributed by atoms with Crippen LogP contribution in [-0.4, -0.2) is 9.97 Å². The number of H-pyrrole nitrogens is 2. The van der Waals surface area contributed by atoms with Gasteiger partial charge in [-0.3, -0.25) is 15.4 Å². The minimum atomic E-state index is -0.674. The van der Waals surface area contributed by atoms with Crippen LogP contribution < -0.4 is 22.4 Å². The maximum Gasteiger partial charge on any atom is 0.314 e. The van der Waals surface area contributed by atoms with Gasteiger partial charge in [-0.25, -0.2) is 0 Å². The fraction of sp³-hybridized carbons (Fsp3) is 0. The molecule has 14 heavy (non-hydrogen) atoms. The molecule has 0 fully saturated rings. The Kier molecular flexibility index (Phi) is 1.83. The van der Waals surface area contributed by atoms with Gasteiger partial charge in [-0.2, -0.15) is 0 Å². The summed E-state index contributed by atoms with van der Waals surface area (Å²) in [7, 11) is 0. The number of aromatic amines is 2. The molecule has 0 aliphatic rings. The number of rotatable bonds is 1. The van der Waals surface area contributed by atoms with E-state index in [-0.39, 0.29) is 0 Å². The Hall–Kier alpha value is -2.08. The van der Waals surface area contributed by atoms with E-state index in [4.69, 9.17) is 5.84 Å². The van der Waals surface area contributed by atoms with E-state index in [9.17, 15) is 9.59 Å². The second-order valence-corrected chi connectivity index (χ2v) is 2.81. The molecule has 0 atom stereocenters. The zero-order valence-electron chi connectivity index (χ0n) is 7.13. The quantitative estimate of drug-likeness (QED) is 0.278. The molecule has 6 nitrogen and oxygen atoms in total. The molecule has 2 rings (SSSR count). The molecule has 1 heterocycles. The highest BCUT2D eigenvalue weighted by molar-refractivity contribution is 5.77. The summed E-state index contributed by atoms with van der Waals surface area (Å²) in [5, 5.41) is 0. The lowest BCUT2D eigenvalue weighted by Gasteiger charge is -2.01. The monoisotopic (exact) mass is 192 g/mol. The maximum absolute atomic E-state index is 11.0. The molecule has 0 bridgehead atoms. The summed E-state index contributed by atoms with van der Waals surface area (Å²) in [6.45, 7) is 0. The normalized spacial score (nSPS) is 10.4. The largest absolute Gasteiger partial charge is 0.324 e. The minimum Gasteiger partial charge on any atom is -0.324 e. The molecule has 0 spiro atoms. The number of aromatic nitrogens is 2. The van der Waals surface area contributed by atoms with Crippen LogP contribution in [0, 0.1) is 0 Å². The number of nitrogen functional groups attached to an aromatic ring is 1. The second-order valence-electron chi connectivity index (χ2n) is 2.81. The van der Waals surface area contributed by atoms with E-state index < -0.39 is 11.1 Å². The van der Waals surface area contributed by atoms with Gasteiger partial charge in [0.25, 0.3) is 0 Å². The molecular weight excluding hydrogens is 184 g/mol. The van der Waals surface area contributed by atoms with Gasteiger partial charge in [-0.15, -0.1) is 0 Å². The van der Waals surface area contributed by atoms with Crippen molar-refractivity contribution in [2.45, 2.75) is 0 Å². The van der Waals surface area contributed by atoms with Gasteiger partial charge in [0.05, 0.1) is 16.7 Å². The molecule has 2 aromatic rings. The highest BCUT2D eigenvalue weighted by atomic mass is 16.2. The summed E-state index contributed by atoms with van der Waals surface area (Å²) in [4.78, 5) is 26.8. The summed E-state index contributed by atoms with van der Waals surface area (Å²) in [5.41, 5.74) is 2.85. The van der Waals surface area contributed by atoms with Crippen molar-refractivity contribution in [2.24, 2.45) is 5.84 Å². The summed E-state index contributed by atoms with van der Waals surface area (Å²) >= 11 is 0. The van der Waals surface area contributed by atoms with Gasteiger partial charge in [0.1, 0.15) is 0 Å². The molecule has 0 aliphatic carbocycles. The summed E-state index contributed by atoms with van der Waals surface area (Å²) in [6.07, 6.45) is 0. The van der Waals surface area contributed by atoms with E-state index >= 15 is 0 Å². The Morgan fingerprint density at radius 3 is 2.36 bits per heavy atom. The molecule has 0 amide bonds. The molecule has 1 aromatic carbocycles. The topological polar surface area (TPSA) is 104 Å². The highest BCUT2D eigenvalue weighted by Gasteiger charge is 1.99. The van der Waals surface area contributed by atoms with Crippen LogP contribution in [0.2, 0.25) is 0 Å². The van der Waals surface area contributed by atoms with Crippen molar-refractivity contribution in [2.75, 3.05) is 5.43 Å². The highest BCUT2D eigenvalue weighted by Crippen LogP contribution is 2.11. The van der Waals surface area contributed by atoms with Crippen molar-refractivity contribution in [3.8, 4) is 0 Å². The lowest BCUT2D eigenvalue weighted by Crippen LogP contribution is -2.28. The Bertz CT molecular complexity index is 584. The van der Waals surface area contributed by atoms with Crippen LogP contribution in [0.4, 0.5) is 5.69 Å². The van der Waals surface area contributed by atoms with Crippen molar-refractivity contribution in [3.63, 3.8) is 0 Å². The van der Waals surface area contributed by atoms with Crippen LogP contribution >= 0.6 is 0 Å². The fourth-order valence-corrected chi connectivity index (χ4v) is 1.20. The zero-order chi connectivity index (χ0) is 10.1. The molecule has 72 valence electrons. The van der Waals surface area contributed by atoms with Crippen LogP contribution in [-0.2, 0) is 0 Å². The first kappa shape index (κ1) is 8.52. The van der Waals surface area contributed by atoms with Crippen LogP contribution in [0.3, 0.4) is 0 Å². The molecule has 0 saturated heterocycles. The SMILES string of the molecule is NNc1ccc2[nH]c(=O)c(=O)[nH]c2c1. The Labute approximate surface area is 77.7 Å². The third kappa shape index (κ3) is 1.27. The maximum atomic E-state index is 11.0. The van der Waals surface area contributed by atoms with Gasteiger partial charge in [-0.1, -0.05) is 0 Å². The van der Waals surface area contributed by atoms with Gasteiger partial charge in [0.15, 0.2) is 0 Å². The number of benzene rings is 1. The average Bonchev–Trinajstić information content (AvgIpc) is 2.19. The third-order valence-corrected chi connectivity index (χ3v) is 1.89. The van der Waals surface area contributed by atoms with Crippen LogP contribution in [0.25, 0.3) is 11.0 Å². The van der Waals surface area contributed by atoms with Gasteiger partial charge < -0.3 is 15.4 Å². The first-order valence-electron chi connectivity index (χ1n) is 3.93. The molecule has 0 aliphatic heterocycles. The Balaban J connectivity index is 2.83. The van der Waals surface area contributed by atoms with E-state index in [0.29, 0.717) is 16.7 Å². The zero-order valence-corrected chi connectivity index (χ0v) is 7.13. The van der Waals surface area contributed by atoms with E-state index in [1.165, 1.54) is 0 Å². The smallest absolute Gasteiger partial charge is 0.314 e. The predicted molar refractivity (Wildman–Crippen MR) is 53.0 cm³/mol. The molecule has 5 N–H and O–H groups in total. The lowest BCUT2D eigenvalue weighted by molar-refractivity contribution is 1.15. The first-order chi connectivity index (χ1) is 6.70. The summed E-state index contributed by atoms with van der Waals surface area (Å²) in [5.74, 6) is 5.19. The first-order valence-corrected chi connectivity index (χ1v) is 3.93. The average molecular weight is 192 g/mol. The number of hydrogen-bond donors (Lipinski definition) is 4. The van der Waals surface area contributed by atoms with E-state index in [2.05, 4.69) is 15.4 Å². The van der Waals surface area contributed by atoms with Crippen LogP contribution in [0.15, 0.2) is 27.8 Å². The van der Waals surface area contributed by atoms with Crippen LogP contribution in [0.1, 0.15) is 0 Å². The fourth-order valence-electron chi connectivity index (χ4n) is 1.20. The van der Waals surface area contributed by atoms with Gasteiger partial charge in [0, 0.05) is 0 Å². The Morgan fingerprint density at radius 1 is 1.07 bits per heavy atom. The van der Waals surface area contributed by atoms with Crippen molar-refractivity contribution in [1.82, 2.24) is 9.97 Å². The van der Waals surface area contributed by atoms with Gasteiger partial charge in [-0.05, 0) is 18.2 Å². The van der Waals surface area contributed by atoms with Crippen molar-refractivity contribution in [3.05, 3.63) is 38.9 Å². The number of nitrogens with one attached hydrogen (secondary N) is 3. The standard InChI is InChI=1S/C8H8N4O2/c9-12-4-1-2-5-6(3-4)11-8(14)7(13)10-5/h1-3,12H,9H2,(H,10,13)(H,11,14). The van der Waals surface area contributed by atoms with Crippen LogP contribution in [0.5, 0.6) is 0 Å². The number of hydrogen-bond acceptors (Lipinski definition) is 4. The van der Waals surface area contributed by atoms with Gasteiger partial charge in [0.2, 0.25) is 0 Å². The van der Waals surface area contributed by atoms with Crippen molar-refractivity contribution < 1.29 is 0 Å². The number of hydrazine groups is 1. The van der Waals surface area contributed by atoms with E-state index in [1.807, 2.05) is 0 Å². The van der Waals surface area contributed by atoms with Crippen molar-refractivity contribution >= 4 is 16.7 Å². The molecule has 0 unspecified atom stereocenters. The number of anilines is 1. The predicted octanol–water partition coefficient (Wildman–Crippen LogP) is -0.498. The minimum absolute atomic E-state index is 0.532. The van der Waals surface area contributed by atoms with Crippen molar-refractivity contribution in [1.29, 1.82) is 0 Å². The summed E-state index contributed by atoms with van der Waals surface area (Å²) in [6, 6.07) is 4.98. The number of nitrogens with two attached hydrogens (primary N) is 1. The van der Waals surface area contributed by atoms with Gasteiger partial charge >= 0.3 is 11.1 Å². The van der Waals surface area contributed by atoms with E-state index in [1.54, 1.807) is 18.2 Å².